The Bertz CT molecular complexity index is 338. The van der Waals surface area contributed by atoms with Gasteiger partial charge in [-0.05, 0) is 19.1 Å². The summed E-state index contributed by atoms with van der Waals surface area (Å²) in [4.78, 5) is 15.1. The number of hydrogen-bond acceptors (Lipinski definition) is 4. The molecule has 1 amide bonds. The van der Waals surface area contributed by atoms with E-state index < -0.39 is 5.91 Å². The number of aryl methyl sites for hydroxylation is 1. The number of nitrogens with zero attached hydrogens (tertiary/aromatic N) is 1. The molecular formula is C9H14N4O. The number of pyridine rings is 1. The minimum Gasteiger partial charge on any atom is -0.369 e. The molecular weight excluding hydrogens is 180 g/mol. The SMILES string of the molecule is Cc1cc(C(N)=O)cc(NCCN)n1. The van der Waals surface area contributed by atoms with Crippen molar-refractivity contribution in [2.75, 3.05) is 18.4 Å². The molecule has 0 atom stereocenters. The number of nitrogens with two attached hydrogens (primary N) is 2. The molecule has 0 spiro atoms. The van der Waals surface area contributed by atoms with Crippen LogP contribution in [0, 0.1) is 6.92 Å². The van der Waals surface area contributed by atoms with E-state index in [9.17, 15) is 4.79 Å². The first-order chi connectivity index (χ1) is 6.63. The van der Waals surface area contributed by atoms with Gasteiger partial charge in [-0.3, -0.25) is 4.79 Å². The second-order valence-corrected chi connectivity index (χ2v) is 2.96. The van der Waals surface area contributed by atoms with Gasteiger partial charge in [-0.1, -0.05) is 0 Å². The molecule has 0 radical (unpaired) electrons. The van der Waals surface area contributed by atoms with E-state index in [1.165, 1.54) is 0 Å². The van der Waals surface area contributed by atoms with E-state index in [-0.39, 0.29) is 0 Å². The van der Waals surface area contributed by atoms with Gasteiger partial charge in [-0.15, -0.1) is 0 Å². The van der Waals surface area contributed by atoms with Crippen molar-refractivity contribution in [2.45, 2.75) is 6.92 Å². The van der Waals surface area contributed by atoms with Gasteiger partial charge >= 0.3 is 0 Å². The Balaban J connectivity index is 2.89. The highest BCUT2D eigenvalue weighted by atomic mass is 16.1. The summed E-state index contributed by atoms with van der Waals surface area (Å²) in [5.74, 6) is 0.176. The zero-order valence-corrected chi connectivity index (χ0v) is 8.08. The maximum Gasteiger partial charge on any atom is 0.248 e. The van der Waals surface area contributed by atoms with Crippen LogP contribution >= 0.6 is 0 Å². The molecule has 0 unspecified atom stereocenters. The smallest absolute Gasteiger partial charge is 0.248 e. The number of aromatic nitrogens is 1. The molecule has 1 aromatic rings. The third-order valence-corrected chi connectivity index (χ3v) is 1.69. The fourth-order valence-corrected chi connectivity index (χ4v) is 1.10. The van der Waals surface area contributed by atoms with Crippen molar-refractivity contribution in [3.8, 4) is 0 Å². The number of nitrogens with one attached hydrogen (secondary N) is 1. The van der Waals surface area contributed by atoms with Crippen molar-refractivity contribution in [2.24, 2.45) is 11.5 Å². The topological polar surface area (TPSA) is 94.0 Å². The monoisotopic (exact) mass is 194 g/mol. The van der Waals surface area contributed by atoms with Crippen molar-refractivity contribution >= 4 is 11.7 Å². The number of primary amides is 1. The summed E-state index contributed by atoms with van der Waals surface area (Å²) in [6.45, 7) is 2.94. The summed E-state index contributed by atoms with van der Waals surface area (Å²) in [5.41, 5.74) is 11.7. The zero-order chi connectivity index (χ0) is 10.6. The van der Waals surface area contributed by atoms with Crippen LogP contribution in [-0.2, 0) is 0 Å². The van der Waals surface area contributed by atoms with Gasteiger partial charge in [0.1, 0.15) is 5.82 Å². The van der Waals surface area contributed by atoms with E-state index in [1.807, 2.05) is 0 Å². The molecule has 0 bridgehead atoms. The third kappa shape index (κ3) is 2.70. The fourth-order valence-electron chi connectivity index (χ4n) is 1.10. The molecule has 1 heterocycles. The first kappa shape index (κ1) is 10.5. The lowest BCUT2D eigenvalue weighted by molar-refractivity contribution is 0.1000. The molecule has 5 heteroatoms. The molecule has 0 saturated heterocycles. The second-order valence-electron chi connectivity index (χ2n) is 2.96. The van der Waals surface area contributed by atoms with Gasteiger partial charge in [0.25, 0.3) is 0 Å². The molecule has 1 aromatic heterocycles. The van der Waals surface area contributed by atoms with Crippen molar-refractivity contribution in [3.63, 3.8) is 0 Å². The summed E-state index contributed by atoms with van der Waals surface area (Å²) < 4.78 is 0. The van der Waals surface area contributed by atoms with Gasteiger partial charge in [-0.2, -0.15) is 0 Å². The zero-order valence-electron chi connectivity index (χ0n) is 8.08. The molecule has 76 valence electrons. The highest BCUT2D eigenvalue weighted by molar-refractivity contribution is 5.93. The Morgan fingerprint density at radius 1 is 1.57 bits per heavy atom. The van der Waals surface area contributed by atoms with Gasteiger partial charge in [0, 0.05) is 24.3 Å². The van der Waals surface area contributed by atoms with Crippen molar-refractivity contribution < 1.29 is 4.79 Å². The van der Waals surface area contributed by atoms with Crippen LogP contribution in [-0.4, -0.2) is 24.0 Å². The maximum absolute atomic E-state index is 10.9. The Labute approximate surface area is 82.5 Å². The molecule has 1 rings (SSSR count). The summed E-state index contributed by atoms with van der Waals surface area (Å²) in [5, 5.41) is 2.99. The number of rotatable bonds is 4. The van der Waals surface area contributed by atoms with E-state index in [1.54, 1.807) is 19.1 Å². The fraction of sp³-hybridized carbons (Fsp3) is 0.333. The number of hydrogen-bond donors (Lipinski definition) is 3. The standard InChI is InChI=1S/C9H14N4O/c1-6-4-7(9(11)14)5-8(13-6)12-3-2-10/h4-5H,2-3,10H2,1H3,(H2,11,14)(H,12,13). The van der Waals surface area contributed by atoms with Crippen molar-refractivity contribution in [1.82, 2.24) is 4.98 Å². The largest absolute Gasteiger partial charge is 0.369 e. The molecule has 14 heavy (non-hydrogen) atoms. The van der Waals surface area contributed by atoms with E-state index >= 15 is 0 Å². The molecule has 0 aliphatic rings. The van der Waals surface area contributed by atoms with Crippen LogP contribution in [0.5, 0.6) is 0 Å². The van der Waals surface area contributed by atoms with Crippen molar-refractivity contribution in [3.05, 3.63) is 23.4 Å². The maximum atomic E-state index is 10.9. The minimum absolute atomic E-state index is 0.453. The van der Waals surface area contributed by atoms with Crippen LogP contribution < -0.4 is 16.8 Å². The van der Waals surface area contributed by atoms with Crippen LogP contribution in [0.2, 0.25) is 0 Å². The first-order valence-corrected chi connectivity index (χ1v) is 4.36. The number of amides is 1. The average molecular weight is 194 g/mol. The van der Waals surface area contributed by atoms with Gasteiger partial charge in [0.05, 0.1) is 0 Å². The average Bonchev–Trinajstić information content (AvgIpc) is 2.14. The lowest BCUT2D eigenvalue weighted by Gasteiger charge is -2.06. The molecule has 0 aromatic carbocycles. The number of anilines is 1. The molecule has 0 fully saturated rings. The van der Waals surface area contributed by atoms with E-state index in [0.29, 0.717) is 24.5 Å². The number of carbonyl (C=O) groups excluding carboxylic acids is 1. The van der Waals surface area contributed by atoms with Gasteiger partial charge < -0.3 is 16.8 Å². The highest BCUT2D eigenvalue weighted by Crippen LogP contribution is 2.08. The molecule has 0 aliphatic carbocycles. The van der Waals surface area contributed by atoms with Crippen LogP contribution in [0.3, 0.4) is 0 Å². The third-order valence-electron chi connectivity index (χ3n) is 1.69. The Morgan fingerprint density at radius 2 is 2.29 bits per heavy atom. The second kappa shape index (κ2) is 4.57. The van der Waals surface area contributed by atoms with E-state index in [2.05, 4.69) is 10.3 Å². The summed E-state index contributed by atoms with van der Waals surface area (Å²) in [6, 6.07) is 3.26. The molecule has 0 aliphatic heterocycles. The highest BCUT2D eigenvalue weighted by Gasteiger charge is 2.03. The Morgan fingerprint density at radius 3 is 2.86 bits per heavy atom. The van der Waals surface area contributed by atoms with E-state index in [4.69, 9.17) is 11.5 Å². The lowest BCUT2D eigenvalue weighted by atomic mass is 10.2. The summed E-state index contributed by atoms with van der Waals surface area (Å²) >= 11 is 0. The van der Waals surface area contributed by atoms with Gasteiger partial charge in [0.2, 0.25) is 5.91 Å². The summed E-state index contributed by atoms with van der Waals surface area (Å²) in [6.07, 6.45) is 0. The predicted octanol–water partition coefficient (Wildman–Crippen LogP) is -0.140. The molecule has 0 saturated carbocycles. The quantitative estimate of drug-likeness (QED) is 0.621. The Hall–Kier alpha value is -1.62. The van der Waals surface area contributed by atoms with Crippen molar-refractivity contribution in [1.29, 1.82) is 0 Å². The van der Waals surface area contributed by atoms with Crippen LogP contribution in [0.15, 0.2) is 12.1 Å². The number of carbonyl (C=O) groups is 1. The molecule has 5 N–H and O–H groups in total. The van der Waals surface area contributed by atoms with Crippen LogP contribution in [0.1, 0.15) is 16.1 Å². The lowest BCUT2D eigenvalue weighted by Crippen LogP contribution is -2.16. The summed E-state index contributed by atoms with van der Waals surface area (Å²) in [7, 11) is 0. The van der Waals surface area contributed by atoms with Crippen LogP contribution in [0.4, 0.5) is 5.82 Å². The predicted molar refractivity (Wildman–Crippen MR) is 55.0 cm³/mol. The van der Waals surface area contributed by atoms with E-state index in [0.717, 1.165) is 5.69 Å². The first-order valence-electron chi connectivity index (χ1n) is 4.36. The van der Waals surface area contributed by atoms with Crippen LogP contribution in [0.25, 0.3) is 0 Å². The minimum atomic E-state index is -0.453. The Kier molecular flexibility index (Phi) is 3.41. The molecule has 5 nitrogen and oxygen atoms in total. The van der Waals surface area contributed by atoms with Gasteiger partial charge in [0.15, 0.2) is 0 Å². The van der Waals surface area contributed by atoms with Gasteiger partial charge in [-0.25, -0.2) is 4.98 Å². The normalized spacial score (nSPS) is 9.86.